The highest BCUT2D eigenvalue weighted by molar-refractivity contribution is 5.75. The molecule has 0 radical (unpaired) electrons. The summed E-state index contributed by atoms with van der Waals surface area (Å²) >= 11 is 0. The third kappa shape index (κ3) is 3.57. The summed E-state index contributed by atoms with van der Waals surface area (Å²) in [7, 11) is 1.41. The van der Waals surface area contributed by atoms with Crippen molar-refractivity contribution in [3.63, 3.8) is 0 Å². The van der Waals surface area contributed by atoms with Crippen molar-refractivity contribution in [2.45, 2.75) is 46.3 Å². The molecule has 1 N–H and O–H groups in total. The van der Waals surface area contributed by atoms with Crippen molar-refractivity contribution >= 4 is 5.97 Å². The maximum absolute atomic E-state index is 11.6. The van der Waals surface area contributed by atoms with Crippen molar-refractivity contribution in [2.24, 2.45) is 5.92 Å². The Morgan fingerprint density at radius 1 is 1.44 bits per heavy atom. The zero-order valence-corrected chi connectivity index (χ0v) is 11.8. The molecule has 1 atom stereocenters. The summed E-state index contributed by atoms with van der Waals surface area (Å²) in [6.45, 7) is 8.80. The molecule has 0 fully saturated rings. The molecule has 0 amide bonds. The van der Waals surface area contributed by atoms with Crippen LogP contribution in [0.15, 0.2) is 12.5 Å². The van der Waals surface area contributed by atoms with E-state index in [-0.39, 0.29) is 17.9 Å². The minimum atomic E-state index is -0.287. The van der Waals surface area contributed by atoms with E-state index in [1.165, 1.54) is 7.11 Å². The van der Waals surface area contributed by atoms with E-state index in [1.807, 2.05) is 26.4 Å². The third-order valence-corrected chi connectivity index (χ3v) is 2.93. The second-order valence-electron chi connectivity index (χ2n) is 5.01. The first-order chi connectivity index (χ1) is 8.47. The van der Waals surface area contributed by atoms with E-state index >= 15 is 0 Å². The summed E-state index contributed by atoms with van der Waals surface area (Å²) in [5.74, 6) is -0.0338. The number of imidazole rings is 1. The van der Waals surface area contributed by atoms with Gasteiger partial charge in [0.05, 0.1) is 19.1 Å². The summed E-state index contributed by atoms with van der Waals surface area (Å²) in [5.41, 5.74) is 1.07. The molecule has 0 aliphatic rings. The van der Waals surface area contributed by atoms with Crippen LogP contribution in [0.1, 0.15) is 39.4 Å². The van der Waals surface area contributed by atoms with Crippen molar-refractivity contribution < 1.29 is 9.53 Å². The first-order valence-electron chi connectivity index (χ1n) is 6.29. The number of esters is 1. The molecule has 1 aromatic rings. The van der Waals surface area contributed by atoms with E-state index < -0.39 is 0 Å². The zero-order valence-electron chi connectivity index (χ0n) is 11.8. The van der Waals surface area contributed by atoms with Crippen LogP contribution in [0.3, 0.4) is 0 Å². The maximum Gasteiger partial charge on any atom is 0.323 e. The fourth-order valence-electron chi connectivity index (χ4n) is 1.87. The van der Waals surface area contributed by atoms with Crippen LogP contribution in [0.5, 0.6) is 0 Å². The molecule has 102 valence electrons. The number of nitrogens with one attached hydrogen (secondary N) is 1. The quantitative estimate of drug-likeness (QED) is 0.785. The van der Waals surface area contributed by atoms with Crippen LogP contribution in [0.25, 0.3) is 0 Å². The number of hydrogen-bond donors (Lipinski definition) is 1. The van der Waals surface area contributed by atoms with Crippen molar-refractivity contribution in [3.8, 4) is 0 Å². The Hall–Kier alpha value is -1.36. The van der Waals surface area contributed by atoms with Gasteiger partial charge in [-0.15, -0.1) is 0 Å². The monoisotopic (exact) mass is 253 g/mol. The molecular weight excluding hydrogens is 230 g/mol. The molecular formula is C13H23N3O2. The molecule has 18 heavy (non-hydrogen) atoms. The Morgan fingerprint density at radius 3 is 2.61 bits per heavy atom. The Bertz CT molecular complexity index is 385. The molecule has 0 saturated heterocycles. The Morgan fingerprint density at radius 2 is 2.11 bits per heavy atom. The molecule has 1 aromatic heterocycles. The van der Waals surface area contributed by atoms with Crippen LogP contribution in [-0.2, 0) is 16.1 Å². The lowest BCUT2D eigenvalue weighted by Gasteiger charge is -2.20. The van der Waals surface area contributed by atoms with Gasteiger partial charge in [0, 0.05) is 18.8 Å². The lowest BCUT2D eigenvalue weighted by Crippen LogP contribution is -2.41. The standard InChI is InChI=1S/C13H23N3O2/c1-9(2)12(13(17)18-5)15-7-11-6-14-8-16(11)10(3)4/h6,8-10,12,15H,7H2,1-5H3. The second-order valence-corrected chi connectivity index (χ2v) is 5.01. The first-order valence-corrected chi connectivity index (χ1v) is 6.29. The predicted octanol–water partition coefficient (Wildman–Crippen LogP) is 1.75. The molecule has 0 spiro atoms. The van der Waals surface area contributed by atoms with Crippen LogP contribution in [-0.4, -0.2) is 28.7 Å². The van der Waals surface area contributed by atoms with E-state index in [1.54, 1.807) is 0 Å². The van der Waals surface area contributed by atoms with E-state index in [4.69, 9.17) is 4.74 Å². The van der Waals surface area contributed by atoms with E-state index in [0.29, 0.717) is 12.6 Å². The van der Waals surface area contributed by atoms with Gasteiger partial charge in [-0.25, -0.2) is 4.98 Å². The van der Waals surface area contributed by atoms with Crippen LogP contribution < -0.4 is 5.32 Å². The van der Waals surface area contributed by atoms with Crippen molar-refractivity contribution in [3.05, 3.63) is 18.2 Å². The fraction of sp³-hybridized carbons (Fsp3) is 0.692. The summed E-state index contributed by atoms with van der Waals surface area (Å²) < 4.78 is 6.88. The number of aromatic nitrogens is 2. The van der Waals surface area contributed by atoms with Gasteiger partial charge in [-0.2, -0.15) is 0 Å². The average molecular weight is 253 g/mol. The SMILES string of the molecule is COC(=O)C(NCc1cncn1C(C)C)C(C)C. The smallest absolute Gasteiger partial charge is 0.323 e. The molecule has 0 aromatic carbocycles. The second kappa shape index (κ2) is 6.54. The predicted molar refractivity (Wildman–Crippen MR) is 70.1 cm³/mol. The van der Waals surface area contributed by atoms with Gasteiger partial charge in [0.1, 0.15) is 6.04 Å². The molecule has 5 nitrogen and oxygen atoms in total. The molecule has 0 aliphatic carbocycles. The summed E-state index contributed by atoms with van der Waals surface area (Å²) in [5, 5.41) is 3.23. The largest absolute Gasteiger partial charge is 0.468 e. The van der Waals surface area contributed by atoms with Gasteiger partial charge >= 0.3 is 5.97 Å². The third-order valence-electron chi connectivity index (χ3n) is 2.93. The zero-order chi connectivity index (χ0) is 13.7. The molecule has 1 unspecified atom stereocenters. The Labute approximate surface area is 109 Å². The van der Waals surface area contributed by atoms with E-state index in [9.17, 15) is 4.79 Å². The molecule has 0 saturated carbocycles. The normalized spacial score (nSPS) is 13.1. The van der Waals surface area contributed by atoms with Gasteiger partial charge in [0.2, 0.25) is 0 Å². The lowest BCUT2D eigenvalue weighted by atomic mass is 10.0. The summed E-state index contributed by atoms with van der Waals surface area (Å²) in [6.07, 6.45) is 3.63. The molecule has 5 heteroatoms. The average Bonchev–Trinajstić information content (AvgIpc) is 2.76. The highest BCUT2D eigenvalue weighted by atomic mass is 16.5. The van der Waals surface area contributed by atoms with E-state index in [0.717, 1.165) is 5.69 Å². The minimum absolute atomic E-state index is 0.188. The fourth-order valence-corrected chi connectivity index (χ4v) is 1.87. The molecule has 0 aliphatic heterocycles. The van der Waals surface area contributed by atoms with Crippen LogP contribution in [0, 0.1) is 5.92 Å². The number of carbonyl (C=O) groups is 1. The lowest BCUT2D eigenvalue weighted by molar-refractivity contribution is -0.144. The number of carbonyl (C=O) groups excluding carboxylic acids is 1. The van der Waals surface area contributed by atoms with Gasteiger partial charge in [-0.3, -0.25) is 10.1 Å². The van der Waals surface area contributed by atoms with Crippen molar-refractivity contribution in [1.82, 2.24) is 14.9 Å². The number of hydrogen-bond acceptors (Lipinski definition) is 4. The van der Waals surface area contributed by atoms with Gasteiger partial charge in [-0.05, 0) is 19.8 Å². The van der Waals surface area contributed by atoms with Crippen LogP contribution in [0.4, 0.5) is 0 Å². The highest BCUT2D eigenvalue weighted by Gasteiger charge is 2.22. The summed E-state index contributed by atoms with van der Waals surface area (Å²) in [6, 6.07) is 0.0745. The van der Waals surface area contributed by atoms with Gasteiger partial charge in [-0.1, -0.05) is 13.8 Å². The highest BCUT2D eigenvalue weighted by Crippen LogP contribution is 2.10. The molecule has 1 heterocycles. The Balaban J connectivity index is 2.67. The molecule has 1 rings (SSSR count). The van der Waals surface area contributed by atoms with Crippen molar-refractivity contribution in [1.29, 1.82) is 0 Å². The molecule has 0 bridgehead atoms. The van der Waals surface area contributed by atoms with Gasteiger partial charge in [0.15, 0.2) is 0 Å². The van der Waals surface area contributed by atoms with Gasteiger partial charge < -0.3 is 9.30 Å². The summed E-state index contributed by atoms with van der Waals surface area (Å²) in [4.78, 5) is 15.8. The number of rotatable bonds is 6. The minimum Gasteiger partial charge on any atom is -0.468 e. The first kappa shape index (κ1) is 14.7. The van der Waals surface area contributed by atoms with Crippen LogP contribution >= 0.6 is 0 Å². The topological polar surface area (TPSA) is 56.1 Å². The number of nitrogens with zero attached hydrogens (tertiary/aromatic N) is 2. The van der Waals surface area contributed by atoms with Crippen molar-refractivity contribution in [2.75, 3.05) is 7.11 Å². The maximum atomic E-state index is 11.6. The number of ether oxygens (including phenoxy) is 1. The van der Waals surface area contributed by atoms with Crippen LogP contribution in [0.2, 0.25) is 0 Å². The van der Waals surface area contributed by atoms with E-state index in [2.05, 4.69) is 28.7 Å². The number of methoxy groups -OCH3 is 1. The van der Waals surface area contributed by atoms with Gasteiger partial charge in [0.25, 0.3) is 0 Å². The Kier molecular flexibility index (Phi) is 5.34.